The Hall–Kier alpha value is -3.65. The van der Waals surface area contributed by atoms with Gasteiger partial charge in [-0.3, -0.25) is 4.79 Å². The van der Waals surface area contributed by atoms with Gasteiger partial charge in [0.05, 0.1) is 36.9 Å². The molecule has 0 fully saturated rings. The van der Waals surface area contributed by atoms with Gasteiger partial charge in [0, 0.05) is 15.6 Å². The van der Waals surface area contributed by atoms with E-state index in [0.29, 0.717) is 34.8 Å². The van der Waals surface area contributed by atoms with Gasteiger partial charge in [-0.15, -0.1) is 0 Å². The summed E-state index contributed by atoms with van der Waals surface area (Å²) in [6.45, 7) is 12.7. The summed E-state index contributed by atoms with van der Waals surface area (Å²) in [6.07, 6.45) is 1.61. The van der Waals surface area contributed by atoms with Gasteiger partial charge in [0.1, 0.15) is 5.75 Å². The van der Waals surface area contributed by atoms with Crippen molar-refractivity contribution in [2.24, 2.45) is 5.10 Å². The minimum absolute atomic E-state index is 0.0109. The number of rotatable bonds is 9. The van der Waals surface area contributed by atoms with E-state index in [1.807, 2.05) is 64.1 Å². The molecule has 0 atom stereocenters. The lowest BCUT2D eigenvalue weighted by Gasteiger charge is -2.18. The largest absolute Gasteiger partial charge is 0.494 e. The summed E-state index contributed by atoms with van der Waals surface area (Å²) in [6, 6.07) is 15.0. The number of ether oxygens (including phenoxy) is 3. The third-order valence-electron chi connectivity index (χ3n) is 6.23. The van der Waals surface area contributed by atoms with E-state index in [4.69, 9.17) is 19.2 Å². The van der Waals surface area contributed by atoms with Crippen LogP contribution in [0.2, 0.25) is 0 Å². The molecule has 0 spiro atoms. The molecule has 0 radical (unpaired) electrons. The van der Waals surface area contributed by atoms with Gasteiger partial charge in [-0.1, -0.05) is 26.0 Å². The average Bonchev–Trinajstić information content (AvgIpc) is 2.89. The monoisotopic (exact) mass is 591 g/mol. The van der Waals surface area contributed by atoms with Crippen molar-refractivity contribution in [1.29, 1.82) is 0 Å². The van der Waals surface area contributed by atoms with Crippen LogP contribution >= 0.6 is 15.9 Å². The Bertz CT molecular complexity index is 1590. The lowest BCUT2D eigenvalue weighted by molar-refractivity contribution is 0.230. The lowest BCUT2D eigenvalue weighted by atomic mass is 9.96. The molecule has 3 aromatic carbocycles. The number of fused-ring (bicyclic) bond motifs is 1. The Morgan fingerprint density at radius 3 is 2.46 bits per heavy atom. The molecule has 0 unspecified atom stereocenters. The fraction of sp³-hybridized carbons (Fsp3) is 0.323. The minimum atomic E-state index is -0.255. The first-order chi connectivity index (χ1) is 18.6. The smallest absolute Gasteiger partial charge is 0.282 e. The van der Waals surface area contributed by atoms with Crippen molar-refractivity contribution in [3.8, 4) is 28.6 Å². The number of aromatic nitrogens is 2. The van der Waals surface area contributed by atoms with Gasteiger partial charge in [-0.05, 0) is 97.1 Å². The zero-order valence-corrected chi connectivity index (χ0v) is 25.0. The fourth-order valence-electron chi connectivity index (χ4n) is 4.35. The zero-order chi connectivity index (χ0) is 28.3. The average molecular weight is 593 g/mol. The number of aryl methyl sites for hydroxylation is 1. The molecule has 0 aliphatic carbocycles. The number of benzene rings is 3. The Morgan fingerprint density at radius 1 is 1.05 bits per heavy atom. The van der Waals surface area contributed by atoms with Crippen molar-refractivity contribution in [2.45, 2.75) is 53.6 Å². The van der Waals surface area contributed by atoms with Gasteiger partial charge >= 0.3 is 0 Å². The number of methoxy groups -OCH3 is 1. The molecule has 0 aliphatic heterocycles. The molecule has 0 bridgehead atoms. The summed E-state index contributed by atoms with van der Waals surface area (Å²) in [7, 11) is 1.59. The Kier molecular flexibility index (Phi) is 8.75. The van der Waals surface area contributed by atoms with E-state index in [0.717, 1.165) is 32.5 Å². The van der Waals surface area contributed by atoms with Crippen molar-refractivity contribution in [2.75, 3.05) is 13.7 Å². The highest BCUT2D eigenvalue weighted by molar-refractivity contribution is 9.10. The molecule has 0 saturated heterocycles. The molecule has 4 rings (SSSR count). The summed E-state index contributed by atoms with van der Waals surface area (Å²) in [5, 5.41) is 5.15. The molecule has 0 N–H and O–H groups in total. The van der Waals surface area contributed by atoms with Crippen LogP contribution < -0.4 is 19.8 Å². The van der Waals surface area contributed by atoms with Gasteiger partial charge in [-0.2, -0.15) is 9.78 Å². The molecule has 1 heterocycles. The molecule has 8 heteroatoms. The summed E-state index contributed by atoms with van der Waals surface area (Å²) >= 11 is 3.61. The van der Waals surface area contributed by atoms with Crippen LogP contribution in [0.15, 0.2) is 62.9 Å². The molecule has 0 aliphatic rings. The predicted octanol–water partition coefficient (Wildman–Crippen LogP) is 7.33. The van der Waals surface area contributed by atoms with Crippen LogP contribution in [0, 0.1) is 6.92 Å². The van der Waals surface area contributed by atoms with Gasteiger partial charge in [0.25, 0.3) is 5.56 Å². The van der Waals surface area contributed by atoms with E-state index >= 15 is 0 Å². The van der Waals surface area contributed by atoms with Crippen molar-refractivity contribution in [1.82, 2.24) is 9.66 Å². The number of hydrogen-bond donors (Lipinski definition) is 0. The zero-order valence-electron chi connectivity index (χ0n) is 23.4. The SMILES string of the molecule is CCOc1cc(C)c(-c2nc3ccccc3c(=O)n2N=Cc2cc(OC)c(OC(C)C)cc2Br)cc1C(C)C. The van der Waals surface area contributed by atoms with Gasteiger partial charge in [-0.25, -0.2) is 4.98 Å². The molecular weight excluding hydrogens is 558 g/mol. The number of hydrogen-bond acceptors (Lipinski definition) is 6. The predicted molar refractivity (Wildman–Crippen MR) is 161 cm³/mol. The highest BCUT2D eigenvalue weighted by Crippen LogP contribution is 2.35. The van der Waals surface area contributed by atoms with Crippen LogP contribution in [0.5, 0.6) is 17.2 Å². The first-order valence-electron chi connectivity index (χ1n) is 13.0. The third-order valence-corrected chi connectivity index (χ3v) is 6.92. The van der Waals surface area contributed by atoms with Crippen LogP contribution in [0.4, 0.5) is 0 Å². The van der Waals surface area contributed by atoms with Crippen LogP contribution in [0.1, 0.15) is 57.2 Å². The Labute approximate surface area is 237 Å². The highest BCUT2D eigenvalue weighted by Gasteiger charge is 2.19. The maximum Gasteiger partial charge on any atom is 0.282 e. The molecule has 1 aromatic heterocycles. The number of nitrogens with zero attached hydrogens (tertiary/aromatic N) is 3. The van der Waals surface area contributed by atoms with E-state index in [2.05, 4.69) is 40.9 Å². The molecular formula is C31H34BrN3O4. The topological polar surface area (TPSA) is 74.9 Å². The highest BCUT2D eigenvalue weighted by atomic mass is 79.9. The Morgan fingerprint density at radius 2 is 1.79 bits per heavy atom. The van der Waals surface area contributed by atoms with Crippen LogP contribution in [-0.2, 0) is 0 Å². The second kappa shape index (κ2) is 12.0. The second-order valence-electron chi connectivity index (χ2n) is 9.80. The molecule has 0 amide bonds. The van der Waals surface area contributed by atoms with Crippen molar-refractivity contribution in [3.63, 3.8) is 0 Å². The van der Waals surface area contributed by atoms with Crippen molar-refractivity contribution >= 4 is 33.0 Å². The first-order valence-corrected chi connectivity index (χ1v) is 13.8. The summed E-state index contributed by atoms with van der Waals surface area (Å²) < 4.78 is 19.5. The third kappa shape index (κ3) is 6.01. The molecule has 7 nitrogen and oxygen atoms in total. The maximum absolute atomic E-state index is 13.8. The summed E-state index contributed by atoms with van der Waals surface area (Å²) in [5.41, 5.74) is 3.88. The van der Waals surface area contributed by atoms with E-state index in [-0.39, 0.29) is 17.6 Å². The number of para-hydroxylation sites is 1. The molecule has 204 valence electrons. The van der Waals surface area contributed by atoms with E-state index in [1.165, 1.54) is 4.68 Å². The minimum Gasteiger partial charge on any atom is -0.494 e. The molecule has 39 heavy (non-hydrogen) atoms. The fourth-order valence-corrected chi connectivity index (χ4v) is 4.78. The van der Waals surface area contributed by atoms with Crippen LogP contribution in [-0.4, -0.2) is 35.7 Å². The second-order valence-corrected chi connectivity index (χ2v) is 10.7. The van der Waals surface area contributed by atoms with Crippen LogP contribution in [0.25, 0.3) is 22.3 Å². The molecule has 4 aromatic rings. The molecule has 0 saturated carbocycles. The van der Waals surface area contributed by atoms with Gasteiger partial charge in [0.2, 0.25) is 0 Å². The normalized spacial score (nSPS) is 11.6. The van der Waals surface area contributed by atoms with E-state index < -0.39 is 0 Å². The van der Waals surface area contributed by atoms with Crippen LogP contribution in [0.3, 0.4) is 0 Å². The van der Waals surface area contributed by atoms with Gasteiger partial charge < -0.3 is 14.2 Å². The quantitative estimate of drug-likeness (QED) is 0.190. The first kappa shape index (κ1) is 28.4. The Balaban J connectivity index is 1.93. The van der Waals surface area contributed by atoms with E-state index in [9.17, 15) is 4.79 Å². The van der Waals surface area contributed by atoms with Crippen molar-refractivity contribution < 1.29 is 14.2 Å². The summed E-state index contributed by atoms with van der Waals surface area (Å²) in [5.74, 6) is 2.70. The maximum atomic E-state index is 13.8. The van der Waals surface area contributed by atoms with Crippen molar-refractivity contribution in [3.05, 3.63) is 80.0 Å². The lowest BCUT2D eigenvalue weighted by Crippen LogP contribution is -2.21. The van der Waals surface area contributed by atoms with Gasteiger partial charge in [0.15, 0.2) is 17.3 Å². The summed E-state index contributed by atoms with van der Waals surface area (Å²) in [4.78, 5) is 18.7. The standard InChI is InChI=1S/C31H34BrN3O4/c1-8-38-27-13-20(6)24(15-23(27)18(2)3)30-34-26-12-10-9-11-22(26)31(36)35(30)33-17-21-14-28(37-7)29(16-25(21)32)39-19(4)5/h9-19H,8H2,1-7H3. The number of halogens is 1. The van der Waals surface area contributed by atoms with E-state index in [1.54, 1.807) is 19.4 Å².